The van der Waals surface area contributed by atoms with E-state index in [0.717, 1.165) is 0 Å². The first kappa shape index (κ1) is 35.4. The number of fused-ring (bicyclic) bond motifs is 1. The van der Waals surface area contributed by atoms with Crippen LogP contribution in [0.25, 0.3) is 11.2 Å². The molecule has 1 aliphatic rings. The summed E-state index contributed by atoms with van der Waals surface area (Å²) in [6.07, 6.45) is -0.0425. The Morgan fingerprint density at radius 1 is 1.06 bits per heavy atom. The first-order chi connectivity index (χ1) is 22.8. The zero-order chi connectivity index (χ0) is 34.6. The zero-order valence-electron chi connectivity index (χ0n) is 28.3. The Bertz CT molecular complexity index is 1680. The highest BCUT2D eigenvalue weighted by Gasteiger charge is 2.42. The molecular formula is C34H43ClN6O6Si. The van der Waals surface area contributed by atoms with Crippen molar-refractivity contribution in [1.82, 2.24) is 19.5 Å². The summed E-state index contributed by atoms with van der Waals surface area (Å²) in [5.74, 6) is -0.811. The van der Waals surface area contributed by atoms with Gasteiger partial charge in [0.2, 0.25) is 11.9 Å². The standard InChI is InChI=1S/C34H43ClN6O6Si/c1-22(2)30(42)38-32-37-29-28(31(39-32)47-33(43)41(23-14-10-8-11-15-23)24-16-12-9-13-17-24)36-21-40(29)27-18-25(44-20-35)26(46-27)19-45-48(6,7)34(3,4)5/h8-17,21-22,25-27H,18-20H2,1-7H3,(H,37,38,39,42)/t25-,26+,27+/m0/s1. The number of halogens is 1. The molecule has 0 radical (unpaired) electrons. The summed E-state index contributed by atoms with van der Waals surface area (Å²) >= 11 is 6.01. The number of nitrogens with one attached hydrogen (secondary N) is 1. The van der Waals surface area contributed by atoms with Gasteiger partial charge in [0, 0.05) is 12.3 Å². The fraction of sp³-hybridized carbons (Fsp3) is 0.441. The molecule has 4 aromatic rings. The summed E-state index contributed by atoms with van der Waals surface area (Å²) in [5.41, 5.74) is 1.70. The van der Waals surface area contributed by atoms with Gasteiger partial charge in [-0.1, -0.05) is 82.6 Å². The van der Waals surface area contributed by atoms with E-state index < -0.39 is 26.7 Å². The number of carbonyl (C=O) groups excluding carboxylic acids is 2. The van der Waals surface area contributed by atoms with Crippen LogP contribution in [0.1, 0.15) is 47.3 Å². The molecule has 14 heteroatoms. The van der Waals surface area contributed by atoms with Crippen molar-refractivity contribution in [2.45, 2.75) is 77.6 Å². The van der Waals surface area contributed by atoms with Crippen molar-refractivity contribution in [2.24, 2.45) is 5.92 Å². The van der Waals surface area contributed by atoms with E-state index in [1.54, 1.807) is 49.0 Å². The number of aromatic nitrogens is 4. The lowest BCUT2D eigenvalue weighted by Crippen LogP contribution is -2.44. The SMILES string of the molecule is CC(C)C(=O)Nc1nc(OC(=O)N(c2ccccc2)c2ccccc2)c2ncn([C@H]3C[C@H](OCCl)[C@@H](CO[Si](C)(C)C(C)(C)C)O3)c2n1. The number of amides is 2. The second-order valence-corrected chi connectivity index (χ2v) is 18.5. The monoisotopic (exact) mass is 694 g/mol. The van der Waals surface area contributed by atoms with E-state index >= 15 is 0 Å². The Kier molecular flexibility index (Phi) is 10.9. The number of ether oxygens (including phenoxy) is 3. The molecule has 12 nitrogen and oxygen atoms in total. The van der Waals surface area contributed by atoms with Crippen molar-refractivity contribution in [2.75, 3.05) is 22.9 Å². The summed E-state index contributed by atoms with van der Waals surface area (Å²) < 4.78 is 26.5. The van der Waals surface area contributed by atoms with Crippen molar-refractivity contribution >= 4 is 60.4 Å². The molecule has 2 aromatic heterocycles. The number of nitrogens with zero attached hydrogens (tertiary/aromatic N) is 5. The van der Waals surface area contributed by atoms with Crippen LogP contribution in [-0.2, 0) is 18.7 Å². The fourth-order valence-corrected chi connectivity index (χ4v) is 6.09. The molecule has 1 N–H and O–H groups in total. The number of para-hydroxylation sites is 2. The van der Waals surface area contributed by atoms with Gasteiger partial charge in [-0.2, -0.15) is 9.97 Å². The van der Waals surface area contributed by atoms with E-state index in [4.69, 9.17) is 30.2 Å². The average molecular weight is 695 g/mol. The van der Waals surface area contributed by atoms with Gasteiger partial charge >= 0.3 is 6.09 Å². The lowest BCUT2D eigenvalue weighted by Gasteiger charge is -2.37. The third kappa shape index (κ3) is 7.87. The molecule has 0 unspecified atom stereocenters. The van der Waals surface area contributed by atoms with E-state index in [1.807, 2.05) is 36.4 Å². The molecule has 1 aliphatic heterocycles. The minimum atomic E-state index is -2.07. The first-order valence-corrected chi connectivity index (χ1v) is 19.4. The molecule has 0 bridgehead atoms. The summed E-state index contributed by atoms with van der Waals surface area (Å²) in [4.78, 5) is 41.7. The van der Waals surface area contributed by atoms with Crippen LogP contribution in [0, 0.1) is 5.92 Å². The Hall–Kier alpha value is -3.88. The van der Waals surface area contributed by atoms with Crippen LogP contribution in [0.2, 0.25) is 18.1 Å². The maximum atomic E-state index is 13.9. The summed E-state index contributed by atoms with van der Waals surface area (Å²) in [5, 5.41) is 2.75. The molecular weight excluding hydrogens is 652 g/mol. The highest BCUT2D eigenvalue weighted by Crippen LogP contribution is 2.39. The van der Waals surface area contributed by atoms with Gasteiger partial charge in [-0.3, -0.25) is 14.7 Å². The summed E-state index contributed by atoms with van der Waals surface area (Å²) in [7, 11) is -2.07. The van der Waals surface area contributed by atoms with Gasteiger partial charge in [0.05, 0.1) is 30.4 Å². The number of anilines is 3. The minimum absolute atomic E-state index is 0.00496. The summed E-state index contributed by atoms with van der Waals surface area (Å²) in [6, 6.07) is 18.2. The van der Waals surface area contributed by atoms with Gasteiger partial charge in [0.15, 0.2) is 19.5 Å². The number of carbonyl (C=O) groups is 2. The Morgan fingerprint density at radius 3 is 2.25 bits per heavy atom. The molecule has 5 rings (SSSR count). The molecule has 256 valence electrons. The number of rotatable bonds is 11. The van der Waals surface area contributed by atoms with E-state index in [0.29, 0.717) is 30.0 Å². The molecule has 3 heterocycles. The quantitative estimate of drug-likeness (QED) is 0.124. The number of hydrogen-bond acceptors (Lipinski definition) is 9. The normalized spacial score (nSPS) is 18.3. The lowest BCUT2D eigenvalue weighted by molar-refractivity contribution is -0.118. The Labute approximate surface area is 286 Å². The van der Waals surface area contributed by atoms with E-state index in [9.17, 15) is 9.59 Å². The highest BCUT2D eigenvalue weighted by molar-refractivity contribution is 6.74. The molecule has 0 saturated carbocycles. The predicted octanol–water partition coefficient (Wildman–Crippen LogP) is 7.65. The van der Waals surface area contributed by atoms with Crippen LogP contribution < -0.4 is 15.0 Å². The van der Waals surface area contributed by atoms with Crippen molar-refractivity contribution in [3.8, 4) is 5.88 Å². The van der Waals surface area contributed by atoms with Gasteiger partial charge in [-0.15, -0.1) is 0 Å². The van der Waals surface area contributed by atoms with Crippen LogP contribution >= 0.6 is 11.6 Å². The fourth-order valence-electron chi connectivity index (χ4n) is 4.91. The van der Waals surface area contributed by atoms with E-state index in [2.05, 4.69) is 54.1 Å². The molecule has 2 aromatic carbocycles. The van der Waals surface area contributed by atoms with Crippen LogP contribution in [0.3, 0.4) is 0 Å². The van der Waals surface area contributed by atoms with Crippen molar-refractivity contribution in [3.05, 3.63) is 67.0 Å². The van der Waals surface area contributed by atoms with Crippen LogP contribution in [0.15, 0.2) is 67.0 Å². The molecule has 0 spiro atoms. The maximum absolute atomic E-state index is 13.9. The number of imidazole rings is 1. The van der Waals surface area contributed by atoms with Crippen LogP contribution in [0.5, 0.6) is 5.88 Å². The Morgan fingerprint density at radius 2 is 1.69 bits per heavy atom. The maximum Gasteiger partial charge on any atom is 0.425 e. The number of alkyl halides is 1. The van der Waals surface area contributed by atoms with Gasteiger partial charge < -0.3 is 18.6 Å². The topological polar surface area (TPSA) is 130 Å². The zero-order valence-corrected chi connectivity index (χ0v) is 30.1. The highest BCUT2D eigenvalue weighted by atomic mass is 35.5. The summed E-state index contributed by atoms with van der Waals surface area (Å²) in [6.45, 7) is 14.8. The van der Waals surface area contributed by atoms with Crippen LogP contribution in [0.4, 0.5) is 22.1 Å². The molecule has 48 heavy (non-hydrogen) atoms. The average Bonchev–Trinajstić information content (AvgIpc) is 3.65. The predicted molar refractivity (Wildman–Crippen MR) is 187 cm³/mol. The number of benzene rings is 2. The second-order valence-electron chi connectivity index (χ2n) is 13.4. The second kappa shape index (κ2) is 14.7. The first-order valence-electron chi connectivity index (χ1n) is 15.9. The van der Waals surface area contributed by atoms with Gasteiger partial charge in [-0.05, 0) is 42.4 Å². The largest absolute Gasteiger partial charge is 0.425 e. The minimum Gasteiger partial charge on any atom is -0.414 e. The number of hydrogen-bond donors (Lipinski definition) is 1. The molecule has 1 saturated heterocycles. The third-order valence-electron chi connectivity index (χ3n) is 8.73. The van der Waals surface area contributed by atoms with Crippen molar-refractivity contribution in [3.63, 3.8) is 0 Å². The smallest absolute Gasteiger partial charge is 0.414 e. The van der Waals surface area contributed by atoms with E-state index in [-0.39, 0.29) is 46.4 Å². The molecule has 1 fully saturated rings. The molecule has 0 aliphatic carbocycles. The van der Waals surface area contributed by atoms with Crippen LogP contribution in [-0.4, -0.2) is 64.7 Å². The third-order valence-corrected chi connectivity index (χ3v) is 13.4. The van der Waals surface area contributed by atoms with Crippen molar-refractivity contribution < 1.29 is 28.2 Å². The van der Waals surface area contributed by atoms with Gasteiger partial charge in [-0.25, -0.2) is 14.7 Å². The van der Waals surface area contributed by atoms with Gasteiger partial charge in [0.25, 0.3) is 5.88 Å². The lowest BCUT2D eigenvalue weighted by atomic mass is 10.2. The molecule has 3 atom stereocenters. The Balaban J connectivity index is 1.50. The van der Waals surface area contributed by atoms with Gasteiger partial charge in [0.1, 0.15) is 18.4 Å². The molecule has 2 amide bonds. The van der Waals surface area contributed by atoms with E-state index in [1.165, 1.54) is 4.90 Å². The van der Waals surface area contributed by atoms with Crippen molar-refractivity contribution in [1.29, 1.82) is 0 Å².